The van der Waals surface area contributed by atoms with Gasteiger partial charge in [-0.3, -0.25) is 18.6 Å². The first-order valence-electron chi connectivity index (χ1n) is 26.9. The molecule has 0 radical (unpaired) electrons. The average molecular weight is 928 g/mol. The lowest BCUT2D eigenvalue weighted by Crippen LogP contribution is -2.34. The summed E-state index contributed by atoms with van der Waals surface area (Å²) < 4.78 is 33.5. The van der Waals surface area contributed by atoms with Gasteiger partial charge in [0.2, 0.25) is 0 Å². The van der Waals surface area contributed by atoms with Crippen molar-refractivity contribution in [1.29, 1.82) is 0 Å². The minimum absolute atomic E-state index is 0.0182. The molecule has 0 aromatic heterocycles. The van der Waals surface area contributed by atoms with Gasteiger partial charge in [-0.1, -0.05) is 218 Å². The number of nitrogens with two attached hydrogens (primary N) is 1. The molecule has 3 unspecified atom stereocenters. The molecular formula is C53H102NO9P. The number of carbonyl (C=O) groups excluding carboxylic acids is 1. The molecule has 0 aliphatic heterocycles. The lowest BCUT2D eigenvalue weighted by Gasteiger charge is -2.20. The maximum absolute atomic E-state index is 12.7. The van der Waals surface area contributed by atoms with Crippen LogP contribution in [0.15, 0.2) is 24.3 Å². The molecule has 0 aromatic carbocycles. The van der Waals surface area contributed by atoms with Crippen LogP contribution in [0, 0.1) is 0 Å². The smallest absolute Gasteiger partial charge is 0.472 e. The highest BCUT2D eigenvalue weighted by Gasteiger charge is 2.27. The summed E-state index contributed by atoms with van der Waals surface area (Å²) >= 11 is 0. The number of phosphoric acid groups is 1. The fourth-order valence-electron chi connectivity index (χ4n) is 7.77. The Labute approximate surface area is 394 Å². The standard InChI is InChI=1S/C53H102NO9P/c1-3-5-7-9-11-13-15-17-19-21-23-24-25-26-27-29-31-33-35-37-39-41-43-45-52(55)63-50(48-61-64(58,59)62-49-51(54)53(56)57)47-60-46-44-42-40-38-36-34-32-30-28-22-20-18-16-14-12-10-8-6-4-2/h20-23,50-51H,3-19,24-49,54H2,1-2H3,(H,56,57)(H,58,59)/b22-20-,23-21-. The van der Waals surface area contributed by atoms with Crippen LogP contribution < -0.4 is 5.73 Å². The number of rotatable bonds is 52. The van der Waals surface area contributed by atoms with Gasteiger partial charge >= 0.3 is 19.8 Å². The molecule has 10 nitrogen and oxygen atoms in total. The van der Waals surface area contributed by atoms with Gasteiger partial charge in [0.1, 0.15) is 12.1 Å². The van der Waals surface area contributed by atoms with Crippen molar-refractivity contribution in [2.24, 2.45) is 5.73 Å². The Balaban J connectivity index is 4.09. The largest absolute Gasteiger partial charge is 0.480 e. The van der Waals surface area contributed by atoms with E-state index >= 15 is 0 Å². The van der Waals surface area contributed by atoms with Crippen molar-refractivity contribution >= 4 is 19.8 Å². The Morgan fingerprint density at radius 2 is 0.812 bits per heavy atom. The zero-order valence-electron chi connectivity index (χ0n) is 41.6. The zero-order valence-corrected chi connectivity index (χ0v) is 42.5. The third kappa shape index (κ3) is 48.4. The normalized spacial score (nSPS) is 13.8. The summed E-state index contributed by atoms with van der Waals surface area (Å²) in [5, 5.41) is 8.94. The Kier molecular flexibility index (Phi) is 48.2. The van der Waals surface area contributed by atoms with Crippen LogP contribution in [0.1, 0.15) is 264 Å². The summed E-state index contributed by atoms with van der Waals surface area (Å²) in [5.74, 6) is -1.77. The van der Waals surface area contributed by atoms with E-state index in [0.717, 1.165) is 38.5 Å². The van der Waals surface area contributed by atoms with E-state index in [1.807, 2.05) is 0 Å². The van der Waals surface area contributed by atoms with Crippen LogP contribution in [-0.4, -0.2) is 60.5 Å². The molecule has 4 N–H and O–H groups in total. The predicted molar refractivity (Wildman–Crippen MR) is 268 cm³/mol. The highest BCUT2D eigenvalue weighted by atomic mass is 31.2. The first-order valence-corrected chi connectivity index (χ1v) is 28.4. The van der Waals surface area contributed by atoms with E-state index in [0.29, 0.717) is 13.0 Å². The summed E-state index contributed by atoms with van der Waals surface area (Å²) in [4.78, 5) is 33.7. The van der Waals surface area contributed by atoms with Gasteiger partial charge < -0.3 is 25.2 Å². The highest BCUT2D eigenvalue weighted by Crippen LogP contribution is 2.43. The van der Waals surface area contributed by atoms with E-state index in [4.69, 9.17) is 29.4 Å². The van der Waals surface area contributed by atoms with Gasteiger partial charge in [0.25, 0.3) is 0 Å². The van der Waals surface area contributed by atoms with E-state index in [2.05, 4.69) is 38.2 Å². The van der Waals surface area contributed by atoms with Crippen LogP contribution in [0.5, 0.6) is 0 Å². The van der Waals surface area contributed by atoms with Crippen molar-refractivity contribution in [2.45, 2.75) is 276 Å². The van der Waals surface area contributed by atoms with E-state index in [-0.39, 0.29) is 13.0 Å². The van der Waals surface area contributed by atoms with Gasteiger partial charge in [0.05, 0.1) is 19.8 Å². The lowest BCUT2D eigenvalue weighted by atomic mass is 10.0. The van der Waals surface area contributed by atoms with Crippen LogP contribution in [0.25, 0.3) is 0 Å². The number of esters is 1. The summed E-state index contributed by atoms with van der Waals surface area (Å²) in [6.45, 7) is 3.92. The number of aliphatic carboxylic acids is 1. The first kappa shape index (κ1) is 62.4. The predicted octanol–water partition coefficient (Wildman–Crippen LogP) is 15.8. The fraction of sp³-hybridized carbons (Fsp3) is 0.887. The molecule has 0 fully saturated rings. The molecule has 0 rings (SSSR count). The second-order valence-corrected chi connectivity index (χ2v) is 19.8. The number of phosphoric ester groups is 1. The highest BCUT2D eigenvalue weighted by molar-refractivity contribution is 7.47. The van der Waals surface area contributed by atoms with Crippen LogP contribution in [-0.2, 0) is 32.7 Å². The number of hydrogen-bond acceptors (Lipinski definition) is 8. The minimum Gasteiger partial charge on any atom is -0.480 e. The van der Waals surface area contributed by atoms with Gasteiger partial charge in [-0.05, 0) is 64.2 Å². The van der Waals surface area contributed by atoms with E-state index in [9.17, 15) is 19.0 Å². The second kappa shape index (κ2) is 49.4. The van der Waals surface area contributed by atoms with Crippen molar-refractivity contribution in [3.05, 3.63) is 24.3 Å². The number of allylic oxidation sites excluding steroid dienone is 4. The molecule has 3 atom stereocenters. The molecule has 0 saturated heterocycles. The van der Waals surface area contributed by atoms with Gasteiger partial charge in [-0.15, -0.1) is 0 Å². The van der Waals surface area contributed by atoms with Gasteiger partial charge in [-0.25, -0.2) is 4.57 Å². The number of carboxylic acid groups (broad SMARTS) is 1. The van der Waals surface area contributed by atoms with E-state index in [1.54, 1.807) is 0 Å². The van der Waals surface area contributed by atoms with Crippen LogP contribution in [0.2, 0.25) is 0 Å². The SMILES string of the molecule is CCCCCCCCC/C=C\CCCCCCCCCCOCC(COP(=O)(O)OCC(N)C(=O)O)OC(=O)CCCCCCCCCCCCC/C=C\CCCCCCCCCC. The second-order valence-electron chi connectivity index (χ2n) is 18.4. The minimum atomic E-state index is -4.62. The number of unbranched alkanes of at least 4 members (excludes halogenated alkanes) is 34. The molecule has 0 amide bonds. The van der Waals surface area contributed by atoms with E-state index in [1.165, 1.54) is 199 Å². The van der Waals surface area contributed by atoms with Gasteiger partial charge in [0.15, 0.2) is 0 Å². The summed E-state index contributed by atoms with van der Waals surface area (Å²) in [7, 11) is -4.62. The van der Waals surface area contributed by atoms with E-state index < -0.39 is 45.1 Å². The molecular weight excluding hydrogens is 826 g/mol. The van der Waals surface area contributed by atoms with Crippen LogP contribution in [0.3, 0.4) is 0 Å². The zero-order chi connectivity index (χ0) is 46.9. The molecule has 64 heavy (non-hydrogen) atoms. The van der Waals surface area contributed by atoms with Gasteiger partial charge in [-0.2, -0.15) is 0 Å². The molecule has 0 saturated carbocycles. The number of carboxylic acids is 1. The Bertz CT molecular complexity index is 1120. The molecule has 0 aliphatic carbocycles. The molecule has 0 aliphatic rings. The van der Waals surface area contributed by atoms with Crippen LogP contribution >= 0.6 is 7.82 Å². The monoisotopic (exact) mass is 928 g/mol. The summed E-state index contributed by atoms with van der Waals surface area (Å²) in [5.41, 5.74) is 5.38. The Morgan fingerprint density at radius 3 is 1.19 bits per heavy atom. The molecule has 11 heteroatoms. The third-order valence-electron chi connectivity index (χ3n) is 12.0. The first-order chi connectivity index (χ1) is 31.2. The maximum atomic E-state index is 12.7. The average Bonchev–Trinajstić information content (AvgIpc) is 3.28. The lowest BCUT2D eigenvalue weighted by molar-refractivity contribution is -0.154. The van der Waals surface area contributed by atoms with Crippen molar-refractivity contribution < 1.29 is 42.7 Å². The maximum Gasteiger partial charge on any atom is 0.472 e. The number of carbonyl (C=O) groups is 2. The molecule has 0 aromatic rings. The van der Waals surface area contributed by atoms with Crippen molar-refractivity contribution in [2.75, 3.05) is 26.4 Å². The Hall–Kier alpha value is -1.55. The third-order valence-corrected chi connectivity index (χ3v) is 12.9. The quantitative estimate of drug-likeness (QED) is 0.0232. The summed E-state index contributed by atoms with van der Waals surface area (Å²) in [6.07, 6.45) is 56.7. The molecule has 0 heterocycles. The number of hydrogen-bond donors (Lipinski definition) is 3. The Morgan fingerprint density at radius 1 is 0.484 bits per heavy atom. The van der Waals surface area contributed by atoms with Crippen LogP contribution in [0.4, 0.5) is 0 Å². The van der Waals surface area contributed by atoms with Crippen molar-refractivity contribution in [3.8, 4) is 0 Å². The van der Waals surface area contributed by atoms with Crippen molar-refractivity contribution in [3.63, 3.8) is 0 Å². The molecule has 0 bridgehead atoms. The van der Waals surface area contributed by atoms with Gasteiger partial charge in [0, 0.05) is 13.0 Å². The molecule has 0 spiro atoms. The topological polar surface area (TPSA) is 155 Å². The van der Waals surface area contributed by atoms with Crippen molar-refractivity contribution in [1.82, 2.24) is 0 Å². The fourth-order valence-corrected chi connectivity index (χ4v) is 8.55. The molecule has 378 valence electrons. The summed E-state index contributed by atoms with van der Waals surface area (Å²) in [6, 6.07) is -1.47. The number of ether oxygens (including phenoxy) is 2.